The van der Waals surface area contributed by atoms with Crippen LogP contribution < -0.4 is 5.32 Å². The minimum absolute atomic E-state index is 0.236. The van der Waals surface area contributed by atoms with E-state index in [-0.39, 0.29) is 5.56 Å². The van der Waals surface area contributed by atoms with Crippen molar-refractivity contribution in [2.24, 2.45) is 0 Å². The van der Waals surface area contributed by atoms with E-state index in [9.17, 15) is 9.59 Å². The normalized spacial score (nSPS) is 11.7. The lowest BCUT2D eigenvalue weighted by atomic mass is 10.1. The maximum atomic E-state index is 13.0. The fourth-order valence-electron chi connectivity index (χ4n) is 3.10. The molecular weight excluding hydrogens is 356 g/mol. The molecule has 3 rings (SSSR count). The summed E-state index contributed by atoms with van der Waals surface area (Å²) in [5, 5.41) is 6.62. The number of aromatic nitrogens is 1. The van der Waals surface area contributed by atoms with E-state index in [2.05, 4.69) is 10.5 Å². The second-order valence-corrected chi connectivity index (χ2v) is 6.76. The lowest BCUT2D eigenvalue weighted by Gasteiger charge is -2.18. The van der Waals surface area contributed by atoms with E-state index < -0.39 is 18.0 Å². The number of nitrogens with zero attached hydrogens (tertiary/aromatic N) is 1. The van der Waals surface area contributed by atoms with Crippen molar-refractivity contribution in [3.05, 3.63) is 82.2 Å². The molecule has 0 bridgehead atoms. The van der Waals surface area contributed by atoms with E-state index in [1.54, 1.807) is 38.1 Å². The Hall–Kier alpha value is -3.41. The lowest BCUT2D eigenvalue weighted by Crippen LogP contribution is -2.26. The average Bonchev–Trinajstić information content (AvgIpc) is 2.97. The SMILES string of the molecule is Cc1cc(C)cc(NC(=O)[C@@H](OC(=O)c2c(C)noc2C)c2ccccc2)c1. The Bertz CT molecular complexity index is 969. The van der Waals surface area contributed by atoms with E-state index in [1.165, 1.54) is 0 Å². The number of esters is 1. The van der Waals surface area contributed by atoms with Gasteiger partial charge in [-0.3, -0.25) is 4.79 Å². The zero-order valence-corrected chi connectivity index (χ0v) is 16.3. The zero-order chi connectivity index (χ0) is 20.3. The topological polar surface area (TPSA) is 81.4 Å². The van der Waals surface area contributed by atoms with E-state index in [0.29, 0.717) is 22.7 Å². The van der Waals surface area contributed by atoms with Crippen molar-refractivity contribution in [1.82, 2.24) is 5.16 Å². The molecule has 0 fully saturated rings. The van der Waals surface area contributed by atoms with Gasteiger partial charge in [0.25, 0.3) is 5.91 Å². The Morgan fingerprint density at radius 3 is 2.21 bits per heavy atom. The summed E-state index contributed by atoms with van der Waals surface area (Å²) in [4.78, 5) is 25.7. The van der Waals surface area contributed by atoms with E-state index in [4.69, 9.17) is 9.26 Å². The van der Waals surface area contributed by atoms with Crippen LogP contribution >= 0.6 is 0 Å². The van der Waals surface area contributed by atoms with E-state index >= 15 is 0 Å². The number of nitrogens with one attached hydrogen (secondary N) is 1. The maximum Gasteiger partial charge on any atom is 0.344 e. The minimum atomic E-state index is -1.11. The predicted octanol–water partition coefficient (Wildman–Crippen LogP) is 4.45. The van der Waals surface area contributed by atoms with E-state index in [1.807, 2.05) is 38.1 Å². The fraction of sp³-hybridized carbons (Fsp3) is 0.227. The molecule has 144 valence electrons. The highest BCUT2D eigenvalue weighted by Gasteiger charge is 2.28. The predicted molar refractivity (Wildman–Crippen MR) is 105 cm³/mol. The van der Waals surface area contributed by atoms with Gasteiger partial charge < -0.3 is 14.6 Å². The summed E-state index contributed by atoms with van der Waals surface area (Å²) in [5.41, 5.74) is 3.93. The number of hydrogen-bond donors (Lipinski definition) is 1. The first-order valence-electron chi connectivity index (χ1n) is 8.93. The molecule has 0 aliphatic carbocycles. The monoisotopic (exact) mass is 378 g/mol. The van der Waals surface area contributed by atoms with Crippen LogP contribution in [0.15, 0.2) is 53.1 Å². The van der Waals surface area contributed by atoms with Crippen molar-refractivity contribution in [2.45, 2.75) is 33.8 Å². The lowest BCUT2D eigenvalue weighted by molar-refractivity contribution is -0.125. The van der Waals surface area contributed by atoms with Crippen molar-refractivity contribution in [3.63, 3.8) is 0 Å². The number of amides is 1. The first kappa shape index (κ1) is 19.4. The summed E-state index contributed by atoms with van der Waals surface area (Å²) in [6.07, 6.45) is -1.11. The second kappa shape index (κ2) is 8.08. The van der Waals surface area contributed by atoms with Crippen LogP contribution in [0.5, 0.6) is 0 Å². The van der Waals surface area contributed by atoms with E-state index in [0.717, 1.165) is 11.1 Å². The summed E-state index contributed by atoms with van der Waals surface area (Å²) in [7, 11) is 0. The molecule has 1 atom stereocenters. The molecule has 3 aromatic rings. The van der Waals surface area contributed by atoms with Gasteiger partial charge in [-0.25, -0.2) is 4.79 Å². The number of carbonyl (C=O) groups is 2. The van der Waals surface area contributed by atoms with Crippen molar-refractivity contribution in [1.29, 1.82) is 0 Å². The smallest absolute Gasteiger partial charge is 0.344 e. The summed E-state index contributed by atoms with van der Waals surface area (Å²) in [6, 6.07) is 14.6. The zero-order valence-electron chi connectivity index (χ0n) is 16.3. The molecule has 0 spiro atoms. The van der Waals surface area contributed by atoms with Crippen LogP contribution in [0, 0.1) is 27.7 Å². The molecule has 28 heavy (non-hydrogen) atoms. The Morgan fingerprint density at radius 1 is 1.00 bits per heavy atom. The molecule has 1 heterocycles. The molecular formula is C22H22N2O4. The number of anilines is 1. The molecule has 0 saturated heterocycles. The maximum absolute atomic E-state index is 13.0. The fourth-order valence-corrected chi connectivity index (χ4v) is 3.10. The third kappa shape index (κ3) is 4.28. The Morgan fingerprint density at radius 2 is 1.64 bits per heavy atom. The second-order valence-electron chi connectivity index (χ2n) is 6.76. The number of carbonyl (C=O) groups excluding carboxylic acids is 2. The summed E-state index contributed by atoms with van der Waals surface area (Å²) in [5.74, 6) is -0.735. The Kier molecular flexibility index (Phi) is 5.59. The largest absolute Gasteiger partial charge is 0.444 e. The van der Waals surface area contributed by atoms with Crippen molar-refractivity contribution >= 4 is 17.6 Å². The van der Waals surface area contributed by atoms with Crippen molar-refractivity contribution in [3.8, 4) is 0 Å². The minimum Gasteiger partial charge on any atom is -0.444 e. The number of rotatable bonds is 5. The molecule has 1 aromatic heterocycles. The van der Waals surface area contributed by atoms with Gasteiger partial charge >= 0.3 is 5.97 Å². The third-order valence-electron chi connectivity index (χ3n) is 4.29. The van der Waals surface area contributed by atoms with Gasteiger partial charge in [0.15, 0.2) is 0 Å². The molecule has 0 unspecified atom stereocenters. The van der Waals surface area contributed by atoms with Gasteiger partial charge in [-0.05, 0) is 51.0 Å². The quantitative estimate of drug-likeness (QED) is 0.664. The molecule has 0 aliphatic heterocycles. The first-order chi connectivity index (χ1) is 13.3. The van der Waals surface area contributed by atoms with Crippen LogP contribution in [0.2, 0.25) is 0 Å². The van der Waals surface area contributed by atoms with Gasteiger partial charge in [-0.15, -0.1) is 0 Å². The van der Waals surface area contributed by atoms with Gasteiger partial charge in [0.2, 0.25) is 6.10 Å². The van der Waals surface area contributed by atoms with Crippen LogP contribution in [-0.2, 0) is 9.53 Å². The number of ether oxygens (including phenoxy) is 1. The van der Waals surface area contributed by atoms with Crippen LogP contribution in [0.1, 0.15) is 44.6 Å². The molecule has 0 aliphatic rings. The van der Waals surface area contributed by atoms with Gasteiger partial charge in [-0.2, -0.15) is 0 Å². The summed E-state index contributed by atoms with van der Waals surface area (Å²) in [6.45, 7) is 7.19. The highest BCUT2D eigenvalue weighted by Crippen LogP contribution is 2.24. The van der Waals surface area contributed by atoms with Crippen molar-refractivity contribution in [2.75, 3.05) is 5.32 Å². The van der Waals surface area contributed by atoms with Crippen LogP contribution in [0.3, 0.4) is 0 Å². The highest BCUT2D eigenvalue weighted by atomic mass is 16.6. The molecule has 6 heteroatoms. The summed E-state index contributed by atoms with van der Waals surface area (Å²) < 4.78 is 10.6. The van der Waals surface area contributed by atoms with Crippen LogP contribution in [-0.4, -0.2) is 17.0 Å². The Labute approximate surface area is 163 Å². The third-order valence-corrected chi connectivity index (χ3v) is 4.29. The van der Waals surface area contributed by atoms with Crippen LogP contribution in [0.25, 0.3) is 0 Å². The van der Waals surface area contributed by atoms with Gasteiger partial charge in [0.1, 0.15) is 11.3 Å². The molecule has 1 N–H and O–H groups in total. The van der Waals surface area contributed by atoms with Gasteiger partial charge in [0.05, 0.1) is 5.69 Å². The first-order valence-corrected chi connectivity index (χ1v) is 8.93. The average molecular weight is 378 g/mol. The Balaban J connectivity index is 1.89. The van der Waals surface area contributed by atoms with Crippen molar-refractivity contribution < 1.29 is 18.8 Å². The number of benzene rings is 2. The molecule has 0 radical (unpaired) electrons. The van der Waals surface area contributed by atoms with Crippen LogP contribution in [0.4, 0.5) is 5.69 Å². The standard InChI is InChI=1S/C22H22N2O4/c1-13-10-14(2)12-18(11-13)23-21(25)20(17-8-6-5-7-9-17)27-22(26)19-15(3)24-28-16(19)4/h5-12,20H,1-4H3,(H,23,25)/t20-/m0/s1. The number of hydrogen-bond acceptors (Lipinski definition) is 5. The number of aryl methyl sites for hydroxylation is 4. The van der Waals surface area contributed by atoms with Gasteiger partial charge in [-0.1, -0.05) is 41.6 Å². The van der Waals surface area contributed by atoms with Gasteiger partial charge in [0, 0.05) is 11.3 Å². The molecule has 2 aromatic carbocycles. The summed E-state index contributed by atoms with van der Waals surface area (Å²) >= 11 is 0. The molecule has 0 saturated carbocycles. The molecule has 6 nitrogen and oxygen atoms in total. The molecule has 1 amide bonds. The highest BCUT2D eigenvalue weighted by molar-refractivity contribution is 5.98.